The van der Waals surface area contributed by atoms with Gasteiger partial charge in [-0.25, -0.2) is 13.2 Å². The van der Waals surface area contributed by atoms with E-state index in [-0.39, 0.29) is 5.56 Å². The Hall–Kier alpha value is -3.48. The van der Waals surface area contributed by atoms with Gasteiger partial charge >= 0.3 is 5.97 Å². The molecule has 1 atom stereocenters. The summed E-state index contributed by atoms with van der Waals surface area (Å²) in [6.45, 7) is 1.92. The first-order chi connectivity index (χ1) is 18.1. The van der Waals surface area contributed by atoms with Crippen molar-refractivity contribution < 1.29 is 37.3 Å². The van der Waals surface area contributed by atoms with Crippen LogP contribution in [0, 0.1) is 0 Å². The molecule has 0 aliphatic carbocycles. The van der Waals surface area contributed by atoms with E-state index in [1.807, 2.05) is 7.05 Å². The molecule has 1 heterocycles. The van der Waals surface area contributed by atoms with Crippen LogP contribution < -0.4 is 23.7 Å². The number of hydrogen-bond acceptors (Lipinski definition) is 9. The van der Waals surface area contributed by atoms with Crippen LogP contribution in [0.4, 0.5) is 0 Å². The van der Waals surface area contributed by atoms with Crippen molar-refractivity contribution in [1.29, 1.82) is 0 Å². The van der Waals surface area contributed by atoms with Crippen LogP contribution in [-0.4, -0.2) is 96.7 Å². The number of benzene rings is 2. The molecule has 1 aliphatic heterocycles. The minimum absolute atomic E-state index is 0.271. The molecule has 11 nitrogen and oxygen atoms in total. The van der Waals surface area contributed by atoms with Crippen molar-refractivity contribution in [2.75, 3.05) is 67.4 Å². The first-order valence-corrected chi connectivity index (χ1v) is 13.5. The number of para-hydroxylation sites is 1. The van der Waals surface area contributed by atoms with E-state index in [4.69, 9.17) is 18.9 Å². The largest absolute Gasteiger partial charge is 0.496 e. The van der Waals surface area contributed by atoms with Gasteiger partial charge in [0, 0.05) is 50.1 Å². The second kappa shape index (κ2) is 12.4. The van der Waals surface area contributed by atoms with Crippen molar-refractivity contribution >= 4 is 22.1 Å². The molecule has 1 unspecified atom stereocenters. The lowest BCUT2D eigenvalue weighted by Gasteiger charge is -2.44. The fourth-order valence-corrected chi connectivity index (χ4v) is 5.93. The third kappa shape index (κ3) is 6.14. The average molecular weight is 550 g/mol. The molecule has 208 valence electrons. The highest BCUT2D eigenvalue weighted by atomic mass is 32.2. The number of ether oxygens (including phenoxy) is 4. The number of rotatable bonds is 12. The summed E-state index contributed by atoms with van der Waals surface area (Å²) in [7, 11) is 3.65. The smallest absolute Gasteiger partial charge is 0.330 e. The monoisotopic (exact) mass is 549 g/mol. The van der Waals surface area contributed by atoms with E-state index >= 15 is 0 Å². The lowest BCUT2D eigenvalue weighted by atomic mass is 9.88. The first kappa shape index (κ1) is 29.1. The van der Waals surface area contributed by atoms with E-state index in [1.54, 1.807) is 41.3 Å². The van der Waals surface area contributed by atoms with Gasteiger partial charge in [0.2, 0.25) is 10.0 Å². The van der Waals surface area contributed by atoms with Crippen LogP contribution in [0.5, 0.6) is 23.0 Å². The molecule has 0 aromatic heterocycles. The van der Waals surface area contributed by atoms with E-state index in [1.165, 1.54) is 40.7 Å². The molecule has 0 spiro atoms. The number of carboxylic acids is 1. The zero-order valence-electron chi connectivity index (χ0n) is 22.3. The molecule has 38 heavy (non-hydrogen) atoms. The molecule has 12 heteroatoms. The Morgan fingerprint density at radius 2 is 1.55 bits per heavy atom. The van der Waals surface area contributed by atoms with Gasteiger partial charge in [-0.2, -0.15) is 0 Å². The Labute approximate surface area is 223 Å². The summed E-state index contributed by atoms with van der Waals surface area (Å²) in [6, 6.07) is 9.90. The maximum absolute atomic E-state index is 13.4. The maximum Gasteiger partial charge on any atom is 0.330 e. The Bertz CT molecular complexity index is 1230. The molecule has 0 amide bonds. The van der Waals surface area contributed by atoms with E-state index in [2.05, 4.69) is 9.62 Å². The predicted molar refractivity (Wildman–Crippen MR) is 143 cm³/mol. The molecule has 2 N–H and O–H groups in total. The summed E-state index contributed by atoms with van der Waals surface area (Å²) in [6.07, 6.45) is 2.71. The molecule has 1 fully saturated rings. The zero-order chi connectivity index (χ0) is 27.9. The lowest BCUT2D eigenvalue weighted by molar-refractivity contribution is -0.152. The fourth-order valence-electron chi connectivity index (χ4n) is 4.56. The molecule has 2 aromatic rings. The Kier molecular flexibility index (Phi) is 9.47. The van der Waals surface area contributed by atoms with Gasteiger partial charge in [0.05, 0.1) is 34.0 Å². The quantitative estimate of drug-likeness (QED) is 0.405. The number of nitrogens with zero attached hydrogens (tertiary/aromatic N) is 2. The molecule has 2 aromatic carbocycles. The van der Waals surface area contributed by atoms with Gasteiger partial charge in [-0.15, -0.1) is 0 Å². The third-order valence-electron chi connectivity index (χ3n) is 6.60. The lowest BCUT2D eigenvalue weighted by Crippen LogP contribution is -2.61. The van der Waals surface area contributed by atoms with Crippen molar-refractivity contribution in [2.45, 2.75) is 5.54 Å². The third-order valence-corrected chi connectivity index (χ3v) is 7.89. The summed E-state index contributed by atoms with van der Waals surface area (Å²) in [5.74, 6) is -0.398. The van der Waals surface area contributed by atoms with Gasteiger partial charge in [0.15, 0.2) is 5.54 Å². The van der Waals surface area contributed by atoms with Gasteiger partial charge in [-0.05, 0) is 19.2 Å². The molecular weight excluding hydrogens is 514 g/mol. The highest BCUT2D eigenvalue weighted by molar-refractivity contribution is 7.89. The van der Waals surface area contributed by atoms with Crippen LogP contribution in [0.15, 0.2) is 42.6 Å². The highest BCUT2D eigenvalue weighted by Crippen LogP contribution is 2.38. The minimum atomic E-state index is -4.18. The topological polar surface area (TPSA) is 127 Å². The number of methoxy groups -OCH3 is 4. The van der Waals surface area contributed by atoms with Gasteiger partial charge in [0.25, 0.3) is 0 Å². The SMILES string of the molecule is COc1cc(OC)c(/C=C/NS(=O)(=O)CC(C(=O)O)(c2ccccc2OC)N2CCN(C)CC2)c(OC)c1. The van der Waals surface area contributed by atoms with Crippen molar-refractivity contribution in [1.82, 2.24) is 14.5 Å². The number of hydrogen-bond donors (Lipinski definition) is 2. The first-order valence-electron chi connectivity index (χ1n) is 11.9. The summed E-state index contributed by atoms with van der Waals surface area (Å²) in [4.78, 5) is 16.8. The minimum Gasteiger partial charge on any atom is -0.496 e. The number of aliphatic carboxylic acids is 1. The second-order valence-corrected chi connectivity index (χ2v) is 10.6. The zero-order valence-corrected chi connectivity index (χ0v) is 23.1. The van der Waals surface area contributed by atoms with Crippen molar-refractivity contribution in [3.63, 3.8) is 0 Å². The van der Waals surface area contributed by atoms with Gasteiger partial charge in [0.1, 0.15) is 28.8 Å². The number of sulfonamides is 1. The summed E-state index contributed by atoms with van der Waals surface area (Å²) in [5, 5.41) is 10.6. The summed E-state index contributed by atoms with van der Waals surface area (Å²) in [5.41, 5.74) is -1.14. The van der Waals surface area contributed by atoms with Crippen molar-refractivity contribution in [3.05, 3.63) is 53.7 Å². The predicted octanol–water partition coefficient (Wildman–Crippen LogP) is 1.84. The van der Waals surface area contributed by atoms with Crippen molar-refractivity contribution in [2.24, 2.45) is 0 Å². The second-order valence-electron chi connectivity index (χ2n) is 8.81. The van der Waals surface area contributed by atoms with Crippen LogP contribution in [0.2, 0.25) is 0 Å². The number of carboxylic acid groups (broad SMARTS) is 1. The van der Waals surface area contributed by atoms with Crippen LogP contribution in [0.1, 0.15) is 11.1 Å². The van der Waals surface area contributed by atoms with E-state index in [9.17, 15) is 18.3 Å². The molecule has 1 aliphatic rings. The fraction of sp³-hybridized carbons (Fsp3) is 0.423. The van der Waals surface area contributed by atoms with Crippen LogP contribution in [0.3, 0.4) is 0 Å². The summed E-state index contributed by atoms with van der Waals surface area (Å²) < 4.78 is 50.8. The number of carbonyl (C=O) groups is 1. The average Bonchev–Trinajstić information content (AvgIpc) is 2.91. The Morgan fingerprint density at radius 1 is 0.974 bits per heavy atom. The van der Waals surface area contributed by atoms with Gasteiger partial charge in [-0.3, -0.25) is 9.62 Å². The van der Waals surface area contributed by atoms with Crippen LogP contribution >= 0.6 is 0 Å². The maximum atomic E-state index is 13.4. The normalized spacial score (nSPS) is 16.6. The van der Waals surface area contributed by atoms with E-state index in [0.717, 1.165) is 0 Å². The Balaban J connectivity index is 2.00. The highest BCUT2D eigenvalue weighted by Gasteiger charge is 2.51. The standard InChI is InChI=1S/C26H35N3O8S/c1-28-12-14-29(15-13-28)26(25(30)31,21-8-6-7-9-22(21)35-3)18-38(32,33)27-11-10-20-23(36-4)16-19(34-2)17-24(20)37-5/h6-11,16-17,27H,12-15,18H2,1-5H3,(H,30,31)/b11-10+. The number of nitrogens with one attached hydrogen (secondary N) is 1. The number of piperazine rings is 1. The molecule has 3 rings (SSSR count). The molecule has 0 radical (unpaired) electrons. The number of likely N-dealkylation sites (N-methyl/N-ethyl adjacent to an activating group) is 1. The van der Waals surface area contributed by atoms with Gasteiger partial charge in [-0.1, -0.05) is 18.2 Å². The van der Waals surface area contributed by atoms with Gasteiger partial charge < -0.3 is 29.0 Å². The summed E-state index contributed by atoms with van der Waals surface area (Å²) >= 11 is 0. The Morgan fingerprint density at radius 3 is 2.08 bits per heavy atom. The molecule has 1 saturated heterocycles. The van der Waals surface area contributed by atoms with E-state index < -0.39 is 27.3 Å². The molecule has 0 saturated carbocycles. The van der Waals surface area contributed by atoms with Crippen LogP contribution in [-0.2, 0) is 20.4 Å². The molecule has 0 bridgehead atoms. The van der Waals surface area contributed by atoms with Crippen LogP contribution in [0.25, 0.3) is 6.08 Å². The molecular formula is C26H35N3O8S. The van der Waals surface area contributed by atoms with E-state index in [0.29, 0.717) is 54.7 Å². The van der Waals surface area contributed by atoms with Crippen molar-refractivity contribution in [3.8, 4) is 23.0 Å².